The van der Waals surface area contributed by atoms with Crippen LogP contribution in [0.4, 0.5) is 26.3 Å². The van der Waals surface area contributed by atoms with Crippen molar-refractivity contribution in [2.75, 3.05) is 0 Å². The second-order valence-electron chi connectivity index (χ2n) is 3.40. The molecule has 8 heteroatoms. The molecule has 0 amide bonds. The highest BCUT2D eigenvalue weighted by molar-refractivity contribution is 5.82. The van der Waals surface area contributed by atoms with Crippen LogP contribution in [0, 0.1) is 0 Å². The molecule has 1 aromatic carbocycles. The lowest BCUT2D eigenvalue weighted by Gasteiger charge is -2.38. The number of alkyl halides is 6. The summed E-state index contributed by atoms with van der Waals surface area (Å²) in [6.45, 7) is 0. The van der Waals surface area contributed by atoms with Crippen LogP contribution in [0.2, 0.25) is 0 Å². The van der Waals surface area contributed by atoms with E-state index in [0.29, 0.717) is 12.1 Å². The van der Waals surface area contributed by atoms with E-state index < -0.39 is 29.3 Å². The number of halogens is 6. The average Bonchev–Trinajstić information content (AvgIpc) is 2.14. The smallest absolute Gasteiger partial charge is 0.412 e. The third kappa shape index (κ3) is 1.91. The van der Waals surface area contributed by atoms with Crippen molar-refractivity contribution in [3.8, 4) is 0 Å². The summed E-state index contributed by atoms with van der Waals surface area (Å²) in [6, 6.07) is 3.80. The molecule has 0 fully saturated rings. The summed E-state index contributed by atoms with van der Waals surface area (Å²) in [5.41, 5.74) is -6.47. The van der Waals surface area contributed by atoms with E-state index in [-0.39, 0.29) is 0 Å². The third-order valence-electron chi connectivity index (χ3n) is 2.36. The molecule has 0 radical (unpaired) electrons. The monoisotopic (exact) mass is 271 g/mol. The van der Waals surface area contributed by atoms with Crippen molar-refractivity contribution in [3.05, 3.63) is 35.9 Å². The Morgan fingerprint density at radius 3 is 1.56 bits per heavy atom. The van der Waals surface area contributed by atoms with Gasteiger partial charge in [-0.3, -0.25) is 0 Å². The van der Waals surface area contributed by atoms with Crippen LogP contribution in [0.1, 0.15) is 5.56 Å². The number of rotatable bonds is 2. The van der Waals surface area contributed by atoms with Crippen molar-refractivity contribution in [2.45, 2.75) is 17.8 Å². The molecule has 0 bridgehead atoms. The Balaban J connectivity index is 3.67. The number of benzene rings is 1. The maximum Gasteiger partial charge on any atom is 0.412 e. The van der Waals surface area contributed by atoms with Crippen LogP contribution >= 0.6 is 0 Å². The van der Waals surface area contributed by atoms with Crippen LogP contribution in [0.5, 0.6) is 0 Å². The molecule has 0 unspecified atom stereocenters. The molecular weight excluding hydrogens is 266 g/mol. The number of carbonyl (C=O) groups is 1. The summed E-state index contributed by atoms with van der Waals surface area (Å²) in [5.74, 6) is -3.26. The molecule has 100 valence electrons. The first-order chi connectivity index (χ1) is 8.05. The van der Waals surface area contributed by atoms with Crippen LogP contribution in [0.25, 0.3) is 0 Å². The maximum atomic E-state index is 12.7. The van der Waals surface area contributed by atoms with Crippen molar-refractivity contribution in [1.29, 1.82) is 0 Å². The highest BCUT2D eigenvalue weighted by atomic mass is 19.4. The molecule has 0 aliphatic rings. The van der Waals surface area contributed by atoms with Crippen LogP contribution in [0.3, 0.4) is 0 Å². The summed E-state index contributed by atoms with van der Waals surface area (Å²) in [4.78, 5) is 10.6. The van der Waals surface area contributed by atoms with Crippen molar-refractivity contribution in [1.82, 2.24) is 0 Å². The predicted molar refractivity (Wildman–Crippen MR) is 45.2 cm³/mol. The van der Waals surface area contributed by atoms with E-state index in [1.807, 2.05) is 0 Å². The zero-order valence-electron chi connectivity index (χ0n) is 8.47. The summed E-state index contributed by atoms with van der Waals surface area (Å²) in [7, 11) is 0. The lowest BCUT2D eigenvalue weighted by molar-refractivity contribution is -0.364. The van der Waals surface area contributed by atoms with E-state index in [0.717, 1.165) is 18.2 Å². The number of carboxylic acids is 1. The van der Waals surface area contributed by atoms with Gasteiger partial charge in [-0.05, 0) is 5.56 Å². The van der Waals surface area contributed by atoms with Gasteiger partial charge in [-0.2, -0.15) is 26.3 Å². The minimum absolute atomic E-state index is 0.441. The van der Waals surface area contributed by atoms with Gasteiger partial charge < -0.3 is 9.90 Å². The maximum absolute atomic E-state index is 12.7. The Bertz CT molecular complexity index is 420. The van der Waals surface area contributed by atoms with Crippen LogP contribution in [0.15, 0.2) is 30.3 Å². The number of carbonyl (C=O) groups excluding carboxylic acids is 1. The van der Waals surface area contributed by atoms with E-state index in [1.54, 1.807) is 0 Å². The quantitative estimate of drug-likeness (QED) is 0.769. The molecule has 0 spiro atoms. The molecule has 0 saturated heterocycles. The van der Waals surface area contributed by atoms with Gasteiger partial charge in [0.2, 0.25) is 5.41 Å². The summed E-state index contributed by atoms with van der Waals surface area (Å²) < 4.78 is 76.0. The Kier molecular flexibility index (Phi) is 3.33. The largest absolute Gasteiger partial charge is 0.548 e. The Labute approximate surface area is 96.8 Å². The number of hydrogen-bond acceptors (Lipinski definition) is 2. The van der Waals surface area contributed by atoms with E-state index in [1.165, 1.54) is 0 Å². The number of hydrogen-bond donors (Lipinski definition) is 0. The van der Waals surface area contributed by atoms with Gasteiger partial charge in [-0.1, -0.05) is 30.3 Å². The van der Waals surface area contributed by atoms with Crippen molar-refractivity contribution in [2.24, 2.45) is 0 Å². The molecule has 0 heterocycles. The lowest BCUT2D eigenvalue weighted by atomic mass is 9.79. The minimum atomic E-state index is -6.06. The molecule has 0 aliphatic heterocycles. The van der Waals surface area contributed by atoms with Gasteiger partial charge in [0, 0.05) is 0 Å². The molecular formula is C10H5F6O2-. The second kappa shape index (κ2) is 4.18. The first-order valence-electron chi connectivity index (χ1n) is 4.45. The molecule has 1 rings (SSSR count). The van der Waals surface area contributed by atoms with Crippen molar-refractivity contribution >= 4 is 5.97 Å². The third-order valence-corrected chi connectivity index (χ3v) is 2.36. The van der Waals surface area contributed by atoms with Crippen LogP contribution in [-0.4, -0.2) is 18.3 Å². The summed E-state index contributed by atoms with van der Waals surface area (Å²) in [5, 5.41) is 10.6. The molecule has 0 N–H and O–H groups in total. The summed E-state index contributed by atoms with van der Waals surface area (Å²) in [6.07, 6.45) is -12.1. The van der Waals surface area contributed by atoms with Gasteiger partial charge in [-0.15, -0.1) is 0 Å². The average molecular weight is 271 g/mol. The second-order valence-corrected chi connectivity index (χ2v) is 3.40. The standard InChI is InChI=1S/C10H6F6O2/c11-9(12,13)8(7(17)18,10(14,15)16)6-4-2-1-3-5-6/h1-5H,(H,17,18)/p-1. The first-order valence-corrected chi connectivity index (χ1v) is 4.45. The molecule has 2 nitrogen and oxygen atoms in total. The van der Waals surface area contributed by atoms with E-state index >= 15 is 0 Å². The fraction of sp³-hybridized carbons (Fsp3) is 0.300. The zero-order valence-corrected chi connectivity index (χ0v) is 8.47. The van der Waals surface area contributed by atoms with Gasteiger partial charge in [0.05, 0.1) is 5.97 Å². The van der Waals surface area contributed by atoms with E-state index in [9.17, 15) is 36.2 Å². The zero-order chi connectivity index (χ0) is 14.2. The van der Waals surface area contributed by atoms with Gasteiger partial charge in [0.15, 0.2) is 0 Å². The number of carboxylic acid groups (broad SMARTS) is 1. The minimum Gasteiger partial charge on any atom is -0.548 e. The highest BCUT2D eigenvalue weighted by Crippen LogP contribution is 2.51. The van der Waals surface area contributed by atoms with Crippen molar-refractivity contribution < 1.29 is 36.2 Å². The van der Waals surface area contributed by atoms with Gasteiger partial charge >= 0.3 is 12.4 Å². The molecule has 0 aromatic heterocycles. The SMILES string of the molecule is O=C([O-])C(c1ccccc1)(C(F)(F)F)C(F)(F)F. The molecule has 0 atom stereocenters. The van der Waals surface area contributed by atoms with Gasteiger partial charge in [-0.25, -0.2) is 0 Å². The topological polar surface area (TPSA) is 40.1 Å². The Morgan fingerprint density at radius 1 is 0.889 bits per heavy atom. The molecule has 0 aliphatic carbocycles. The first kappa shape index (κ1) is 14.3. The molecule has 1 aromatic rings. The van der Waals surface area contributed by atoms with Crippen LogP contribution in [-0.2, 0) is 10.2 Å². The predicted octanol–water partition coefficient (Wildman–Crippen LogP) is 1.80. The van der Waals surface area contributed by atoms with Crippen LogP contribution < -0.4 is 5.11 Å². The molecule has 18 heavy (non-hydrogen) atoms. The Morgan fingerprint density at radius 2 is 1.28 bits per heavy atom. The number of aliphatic carboxylic acids is 1. The fourth-order valence-electron chi connectivity index (χ4n) is 1.53. The van der Waals surface area contributed by atoms with Crippen molar-refractivity contribution in [3.63, 3.8) is 0 Å². The van der Waals surface area contributed by atoms with E-state index in [4.69, 9.17) is 0 Å². The normalized spacial score (nSPS) is 13.4. The van der Waals surface area contributed by atoms with Gasteiger partial charge in [0.25, 0.3) is 0 Å². The Hall–Kier alpha value is -1.73. The fourth-order valence-corrected chi connectivity index (χ4v) is 1.53. The van der Waals surface area contributed by atoms with Gasteiger partial charge in [0.1, 0.15) is 0 Å². The highest BCUT2D eigenvalue weighted by Gasteiger charge is 2.72. The summed E-state index contributed by atoms with van der Waals surface area (Å²) >= 11 is 0. The van der Waals surface area contributed by atoms with E-state index in [2.05, 4.69) is 0 Å². The lowest BCUT2D eigenvalue weighted by Crippen LogP contribution is -2.64. The molecule has 0 saturated carbocycles.